The molecular formula is C98H104S4Si6Zr. The third-order valence-corrected chi connectivity index (χ3v) is 90.5. The first kappa shape index (κ1) is 74.6. The summed E-state index contributed by atoms with van der Waals surface area (Å²) >= 11 is 3.48. The topological polar surface area (TPSA) is 0 Å². The standard InChI is InChI=1S/2C49H52S2Si3.Zr/c2*1-32-26-44-38(36-28-34-18-10-12-22-40(34)46(30-36)50-53(4,5)6)20-14-16-24-42(44)48(32)52(3)49-33(2)27-45-39(21-15-17-25-43(45)49)37-29-35-19-11-13-23-41(35)47(31-37)51-54(7,8)9;/h2*10-31,38-39,52H,1-9H3;. The molecule has 0 bridgehead atoms. The maximum atomic E-state index is 2.99. The first-order valence-electron chi connectivity index (χ1n) is 40.0. The second-order valence-electron chi connectivity index (χ2n) is 36.9. The summed E-state index contributed by atoms with van der Waals surface area (Å²) in [6.45, 7) is 47.3. The van der Waals surface area contributed by atoms with Crippen molar-refractivity contribution in [2.45, 2.75) is 174 Å². The monoisotopic (exact) mass is 1670 g/mol. The summed E-state index contributed by atoms with van der Waals surface area (Å²) in [6, 6.07) is 58.3. The van der Waals surface area contributed by atoms with Gasteiger partial charge in [-0.1, -0.05) is 0 Å². The van der Waals surface area contributed by atoms with Gasteiger partial charge in [-0.3, -0.25) is 0 Å². The summed E-state index contributed by atoms with van der Waals surface area (Å²) in [6.07, 6.45) is 53.3. The average Bonchev–Trinajstić information content (AvgIpc) is 1.49. The van der Waals surface area contributed by atoms with E-state index in [0.717, 1.165) is 0 Å². The zero-order valence-electron chi connectivity index (χ0n) is 67.0. The van der Waals surface area contributed by atoms with Crippen LogP contribution in [0.5, 0.6) is 0 Å². The molecule has 2 aliphatic heterocycles. The Balaban J connectivity index is 0.981. The molecule has 0 N–H and O–H groups in total. The van der Waals surface area contributed by atoms with Crippen molar-refractivity contribution in [3.05, 3.63) is 356 Å². The van der Waals surface area contributed by atoms with E-state index in [9.17, 15) is 0 Å². The number of fused-ring (bicyclic) bond motifs is 12. The van der Waals surface area contributed by atoms with Gasteiger partial charge in [0.25, 0.3) is 0 Å². The van der Waals surface area contributed by atoms with E-state index in [0.29, 0.717) is 0 Å². The van der Waals surface area contributed by atoms with Gasteiger partial charge in [0.2, 0.25) is 0 Å². The fourth-order valence-electron chi connectivity index (χ4n) is 23.8. The van der Waals surface area contributed by atoms with Gasteiger partial charge in [0, 0.05) is 0 Å². The molecule has 5 spiro atoms. The predicted octanol–water partition coefficient (Wildman–Crippen LogP) is 29.7. The van der Waals surface area contributed by atoms with Crippen LogP contribution in [0.1, 0.15) is 73.6 Å². The zero-order chi connectivity index (χ0) is 76.1. The number of rotatable bonds is 12. The van der Waals surface area contributed by atoms with E-state index in [1.807, 2.05) is 0 Å². The molecule has 0 radical (unpaired) electrons. The van der Waals surface area contributed by atoms with Gasteiger partial charge in [-0.05, 0) is 0 Å². The van der Waals surface area contributed by atoms with Crippen LogP contribution in [0.3, 0.4) is 0 Å². The van der Waals surface area contributed by atoms with Crippen LogP contribution < -0.4 is 0 Å². The number of benzene rings is 8. The molecule has 10 aliphatic rings. The fraction of sp³-hybridized carbons (Fsp3) is 0.265. The second-order valence-corrected chi connectivity index (χ2v) is 97.0. The number of hydrogen-bond donors (Lipinski definition) is 0. The van der Waals surface area contributed by atoms with Crippen LogP contribution in [0, 0.1) is 0 Å². The molecule has 548 valence electrons. The van der Waals surface area contributed by atoms with E-state index in [2.05, 4.69) is 431 Å². The molecule has 0 amide bonds. The van der Waals surface area contributed by atoms with Gasteiger partial charge >= 0.3 is 685 Å². The van der Waals surface area contributed by atoms with Crippen LogP contribution in [-0.2, 0) is 20.3 Å². The first-order valence-corrected chi connectivity index (χ1v) is 69.7. The van der Waals surface area contributed by atoms with Gasteiger partial charge < -0.3 is 0 Å². The molecule has 8 aromatic carbocycles. The minimum atomic E-state index is -5.21. The van der Waals surface area contributed by atoms with E-state index < -0.39 is 66.8 Å². The van der Waals surface area contributed by atoms with Gasteiger partial charge in [0.1, 0.15) is 0 Å². The summed E-state index contributed by atoms with van der Waals surface area (Å²) in [7, 11) is -11.2. The van der Waals surface area contributed by atoms with Crippen molar-refractivity contribution in [3.8, 4) is 0 Å². The molecule has 2 saturated heterocycles. The summed E-state index contributed by atoms with van der Waals surface area (Å²) in [5.41, 5.74) is 25.5. The molecule has 109 heavy (non-hydrogen) atoms. The number of allylic oxidation sites excluding steroid dienone is 32. The van der Waals surface area contributed by atoms with E-state index in [-0.39, 0.29) is 34.7 Å². The predicted molar refractivity (Wildman–Crippen MR) is 497 cm³/mol. The Hall–Kier alpha value is -5.78. The molecule has 8 aliphatic carbocycles. The van der Waals surface area contributed by atoms with Crippen molar-refractivity contribution < 1.29 is 20.3 Å². The molecule has 8 aromatic rings. The van der Waals surface area contributed by atoms with Gasteiger partial charge in [-0.2, -0.15) is 0 Å². The summed E-state index contributed by atoms with van der Waals surface area (Å²) in [5, 5.41) is 11.0. The van der Waals surface area contributed by atoms with E-state index >= 15 is 0 Å². The molecule has 11 heteroatoms. The van der Waals surface area contributed by atoms with Gasteiger partial charge in [-0.25, -0.2) is 0 Å². The fourth-order valence-corrected chi connectivity index (χ4v) is 111. The van der Waals surface area contributed by atoms with Crippen molar-refractivity contribution >= 4 is 134 Å². The number of hydrogen-bond acceptors (Lipinski definition) is 4. The Morgan fingerprint density at radius 2 is 0.505 bits per heavy atom. The SMILES string of the molecule is CC1=CC2=C(C=CC=CC2c2cc(S[Si](C)(C)C)c3ccccc3c2)[C]12[SiH](C)[C]1(C(C)=CC3=C1C=CC=CC3c1cc(S[Si](C)(C)C)c3ccccc3c1)[Zr]21[C]2(C(C)=CC3=C2C=CC=CC3c2cc(S[Si](C)(C)C)c3ccccc3c2)[SiH](C)[C]12C(C)=CC1=C2C=CC=CC1c1cc(S[Si](C)(C)C)c2ccccc2c1. The molecule has 18 rings (SSSR count). The third-order valence-electron chi connectivity index (χ3n) is 26.4. The van der Waals surface area contributed by atoms with E-state index in [1.54, 1.807) is 66.9 Å². The Labute approximate surface area is 677 Å². The quantitative estimate of drug-likeness (QED) is 0.112. The Kier molecular flexibility index (Phi) is 18.3. The van der Waals surface area contributed by atoms with Crippen molar-refractivity contribution in [3.63, 3.8) is 0 Å². The Morgan fingerprint density at radius 3 is 0.716 bits per heavy atom. The molecule has 0 saturated carbocycles. The molecular weight excluding hydrogens is 1570 g/mol. The average molecular weight is 1670 g/mol. The zero-order valence-corrected chi connectivity index (χ0v) is 79.0. The Morgan fingerprint density at radius 1 is 0.294 bits per heavy atom. The Bertz CT molecular complexity index is 5170. The van der Waals surface area contributed by atoms with Gasteiger partial charge in [0.15, 0.2) is 0 Å². The third kappa shape index (κ3) is 11.0. The molecule has 8 atom stereocenters. The second kappa shape index (κ2) is 26.7. The van der Waals surface area contributed by atoms with Crippen molar-refractivity contribution in [1.29, 1.82) is 0 Å². The van der Waals surface area contributed by atoms with E-state index in [1.165, 1.54) is 84.9 Å². The summed E-state index contributed by atoms with van der Waals surface area (Å²) < 4.78 is -0.678. The summed E-state index contributed by atoms with van der Waals surface area (Å²) in [4.78, 5) is 5.77. The molecule has 0 aromatic heterocycles. The van der Waals surface area contributed by atoms with Crippen molar-refractivity contribution in [2.24, 2.45) is 0 Å². The van der Waals surface area contributed by atoms with Crippen molar-refractivity contribution in [1.82, 2.24) is 0 Å². The minimum absolute atomic E-state index is 0.0695. The van der Waals surface area contributed by atoms with Crippen LogP contribution >= 0.6 is 44.8 Å². The van der Waals surface area contributed by atoms with Crippen LogP contribution in [0.15, 0.2) is 354 Å². The molecule has 8 unspecified atom stereocenters. The van der Waals surface area contributed by atoms with Gasteiger partial charge in [-0.15, -0.1) is 0 Å². The molecule has 2 heterocycles. The first-order chi connectivity index (χ1) is 52.0. The van der Waals surface area contributed by atoms with Crippen molar-refractivity contribution in [2.75, 3.05) is 0 Å². The maximum absolute atomic E-state index is 5.21. The molecule has 2 fully saturated rings. The van der Waals surface area contributed by atoms with Gasteiger partial charge in [0.05, 0.1) is 0 Å². The van der Waals surface area contributed by atoms with Crippen LogP contribution in [0.2, 0.25) is 103 Å². The normalized spacial score (nSPS) is 28.8. The van der Waals surface area contributed by atoms with E-state index in [4.69, 9.17) is 0 Å². The van der Waals surface area contributed by atoms with Crippen LogP contribution in [0.4, 0.5) is 0 Å². The van der Waals surface area contributed by atoms with Crippen LogP contribution in [0.25, 0.3) is 43.1 Å². The summed E-state index contributed by atoms with van der Waals surface area (Å²) in [5.74, 6) is 0.278. The van der Waals surface area contributed by atoms with Crippen LogP contribution in [-0.4, -0.2) is 46.5 Å². The molecule has 0 nitrogen and oxygen atoms in total.